The van der Waals surface area contributed by atoms with Crippen molar-refractivity contribution in [3.8, 4) is 5.75 Å². The number of rotatable bonds is 7. The van der Waals surface area contributed by atoms with E-state index in [4.69, 9.17) is 14.2 Å². The fraction of sp³-hybridized carbons (Fsp3) is 0.719. The van der Waals surface area contributed by atoms with Gasteiger partial charge >= 0.3 is 6.09 Å². The summed E-state index contributed by atoms with van der Waals surface area (Å²) in [5, 5.41) is 13.7. The van der Waals surface area contributed by atoms with Crippen molar-refractivity contribution in [3.63, 3.8) is 0 Å². The van der Waals surface area contributed by atoms with Gasteiger partial charge in [-0.2, -0.15) is 0 Å². The minimum absolute atomic E-state index is 0.0865. The third-order valence-corrected chi connectivity index (χ3v) is 9.86. The number of hydrogen-bond acceptors (Lipinski definition) is 7. The van der Waals surface area contributed by atoms with Crippen molar-refractivity contribution in [1.29, 1.82) is 0 Å². The zero-order valence-corrected chi connectivity index (χ0v) is 26.2. The summed E-state index contributed by atoms with van der Waals surface area (Å²) in [5.74, 6) is -0.725. The number of nitrogens with one attached hydrogen (secondary N) is 1. The molecule has 0 aromatic heterocycles. The number of carboxylic acid groups (broad SMARTS) is 1. The predicted octanol–water partition coefficient (Wildman–Crippen LogP) is 3.63. The van der Waals surface area contributed by atoms with Gasteiger partial charge in [-0.1, -0.05) is 37.5 Å². The van der Waals surface area contributed by atoms with E-state index in [2.05, 4.69) is 10.2 Å². The molecule has 11 heteroatoms. The first-order valence-corrected chi connectivity index (χ1v) is 15.7. The van der Waals surface area contributed by atoms with Crippen LogP contribution in [0.3, 0.4) is 0 Å². The van der Waals surface area contributed by atoms with Crippen LogP contribution in [-0.2, 0) is 19.1 Å². The predicted molar refractivity (Wildman–Crippen MR) is 160 cm³/mol. The highest BCUT2D eigenvalue weighted by Crippen LogP contribution is 2.38. The first-order chi connectivity index (χ1) is 20.5. The molecular formula is C32H48N4O7. The van der Waals surface area contributed by atoms with Gasteiger partial charge in [0.2, 0.25) is 11.8 Å². The molecule has 1 aromatic rings. The zero-order chi connectivity index (χ0) is 30.9. The van der Waals surface area contributed by atoms with E-state index in [1.165, 1.54) is 4.90 Å². The van der Waals surface area contributed by atoms with E-state index in [0.717, 1.165) is 43.4 Å². The number of amides is 3. The standard InChI is InChI=1S/C32H48N4O7/c1-31(2,3)36(30(39)40)27(21-11-7-6-8-12-21)29(38)35-18-22-17-32(41-4,42-5)20-34(22)19-25(35)28(37)33-24-15-16-43-26-14-10-9-13-23(24)26/h9-10,13-14,21-22,24-25,27H,6-8,11-12,15-20H2,1-5H3,(H,33,37)(H,39,40)/t22-,24-,25+,27+/m1/s1. The number of methoxy groups -OCH3 is 2. The Balaban J connectivity index is 1.49. The van der Waals surface area contributed by atoms with Crippen LogP contribution >= 0.6 is 0 Å². The molecule has 1 aromatic carbocycles. The van der Waals surface area contributed by atoms with Crippen LogP contribution in [0.2, 0.25) is 0 Å². The lowest BCUT2D eigenvalue weighted by molar-refractivity contribution is -0.196. The zero-order valence-electron chi connectivity index (χ0n) is 26.2. The number of nitrogens with zero attached hydrogens (tertiary/aromatic N) is 3. The summed E-state index contributed by atoms with van der Waals surface area (Å²) in [5.41, 5.74) is 0.112. The van der Waals surface area contributed by atoms with E-state index in [9.17, 15) is 19.5 Å². The third kappa shape index (κ3) is 6.35. The fourth-order valence-corrected chi connectivity index (χ4v) is 7.63. The molecule has 0 spiro atoms. The third-order valence-electron chi connectivity index (χ3n) is 9.86. The highest BCUT2D eigenvalue weighted by Gasteiger charge is 2.53. The molecule has 3 aliphatic heterocycles. The van der Waals surface area contributed by atoms with Crippen LogP contribution in [0.1, 0.15) is 77.3 Å². The number of carbonyl (C=O) groups excluding carboxylic acids is 2. The highest BCUT2D eigenvalue weighted by molar-refractivity contribution is 5.92. The van der Waals surface area contributed by atoms with E-state index in [1.54, 1.807) is 19.1 Å². The number of hydrogen-bond donors (Lipinski definition) is 2. The Morgan fingerprint density at radius 1 is 1.07 bits per heavy atom. The number of carbonyl (C=O) groups is 3. The van der Waals surface area contributed by atoms with Gasteiger partial charge in [-0.3, -0.25) is 19.4 Å². The summed E-state index contributed by atoms with van der Waals surface area (Å²) in [6.45, 7) is 7.05. The summed E-state index contributed by atoms with van der Waals surface area (Å²) < 4.78 is 17.4. The minimum Gasteiger partial charge on any atom is -0.493 e. The van der Waals surface area contributed by atoms with Gasteiger partial charge in [0, 0.05) is 57.3 Å². The molecule has 2 N–H and O–H groups in total. The average Bonchev–Trinajstić information content (AvgIpc) is 3.37. The van der Waals surface area contributed by atoms with E-state index in [1.807, 2.05) is 45.0 Å². The first kappa shape index (κ1) is 31.5. The van der Waals surface area contributed by atoms with Crippen molar-refractivity contribution >= 4 is 17.9 Å². The van der Waals surface area contributed by atoms with Crippen LogP contribution in [-0.4, -0.2) is 108 Å². The van der Waals surface area contributed by atoms with Gasteiger partial charge in [-0.25, -0.2) is 4.79 Å². The van der Waals surface area contributed by atoms with Crippen molar-refractivity contribution < 1.29 is 33.7 Å². The molecule has 238 valence electrons. The maximum Gasteiger partial charge on any atom is 0.408 e. The lowest BCUT2D eigenvalue weighted by Crippen LogP contribution is -2.68. The summed E-state index contributed by atoms with van der Waals surface area (Å²) in [4.78, 5) is 47.0. The molecule has 5 rings (SSSR count). The number of fused-ring (bicyclic) bond motifs is 2. The van der Waals surface area contributed by atoms with E-state index in [0.29, 0.717) is 32.5 Å². The number of piperazine rings is 1. The highest BCUT2D eigenvalue weighted by atomic mass is 16.7. The van der Waals surface area contributed by atoms with E-state index >= 15 is 0 Å². The Bertz CT molecular complexity index is 1180. The second-order valence-electron chi connectivity index (χ2n) is 13.5. The molecule has 3 amide bonds. The minimum atomic E-state index is -1.12. The summed E-state index contributed by atoms with van der Waals surface area (Å²) in [6.07, 6.45) is 4.61. The molecule has 0 bridgehead atoms. The lowest BCUT2D eigenvalue weighted by Gasteiger charge is -2.48. The van der Waals surface area contributed by atoms with Crippen molar-refractivity contribution in [2.24, 2.45) is 5.92 Å². The normalized spacial score (nSPS) is 26.5. The van der Waals surface area contributed by atoms with Crippen LogP contribution in [0, 0.1) is 5.92 Å². The van der Waals surface area contributed by atoms with Gasteiger partial charge in [-0.15, -0.1) is 0 Å². The van der Waals surface area contributed by atoms with E-state index in [-0.39, 0.29) is 36.4 Å². The van der Waals surface area contributed by atoms with Crippen molar-refractivity contribution in [2.75, 3.05) is 40.5 Å². The maximum absolute atomic E-state index is 14.8. The largest absolute Gasteiger partial charge is 0.493 e. The van der Waals surface area contributed by atoms with Crippen molar-refractivity contribution in [3.05, 3.63) is 29.8 Å². The van der Waals surface area contributed by atoms with Crippen LogP contribution in [0.4, 0.5) is 4.79 Å². The molecule has 4 aliphatic rings. The number of benzene rings is 1. The fourth-order valence-electron chi connectivity index (χ4n) is 7.63. The summed E-state index contributed by atoms with van der Waals surface area (Å²) in [7, 11) is 3.23. The Labute approximate surface area is 254 Å². The second-order valence-corrected chi connectivity index (χ2v) is 13.5. The van der Waals surface area contributed by atoms with Gasteiger partial charge in [0.1, 0.15) is 17.8 Å². The monoisotopic (exact) mass is 600 g/mol. The summed E-state index contributed by atoms with van der Waals surface area (Å²) in [6, 6.07) is 5.68. The van der Waals surface area contributed by atoms with Gasteiger partial charge in [0.05, 0.1) is 19.2 Å². The van der Waals surface area contributed by atoms with Crippen LogP contribution in [0.25, 0.3) is 0 Å². The van der Waals surface area contributed by atoms with Crippen LogP contribution in [0.15, 0.2) is 24.3 Å². The maximum atomic E-state index is 14.8. The Kier molecular flexibility index (Phi) is 9.25. The SMILES string of the molecule is COC1(OC)C[C@@H]2CN(C(=O)[C@H](C3CCCCC3)N(C(=O)O)C(C)(C)C)[C@H](C(=O)N[C@@H]3CCOc4ccccc43)CN2C1. The molecule has 1 saturated carbocycles. The van der Waals surface area contributed by atoms with Crippen molar-refractivity contribution in [2.45, 2.75) is 101 Å². The second kappa shape index (κ2) is 12.6. The van der Waals surface area contributed by atoms with Crippen LogP contribution in [0.5, 0.6) is 5.75 Å². The van der Waals surface area contributed by atoms with Gasteiger partial charge < -0.3 is 29.5 Å². The summed E-state index contributed by atoms with van der Waals surface area (Å²) >= 11 is 0. The molecular weight excluding hydrogens is 552 g/mol. The van der Waals surface area contributed by atoms with Crippen molar-refractivity contribution in [1.82, 2.24) is 20.0 Å². The van der Waals surface area contributed by atoms with Gasteiger partial charge in [0.15, 0.2) is 5.79 Å². The molecule has 11 nitrogen and oxygen atoms in total. The molecule has 0 unspecified atom stereocenters. The van der Waals surface area contributed by atoms with Gasteiger partial charge in [-0.05, 0) is 45.6 Å². The number of ether oxygens (including phenoxy) is 3. The Hall–Kier alpha value is -2.89. The number of para-hydroxylation sites is 1. The lowest BCUT2D eigenvalue weighted by atomic mass is 9.81. The molecule has 2 saturated heterocycles. The topological polar surface area (TPSA) is 121 Å². The first-order valence-electron chi connectivity index (χ1n) is 15.7. The van der Waals surface area contributed by atoms with E-state index < -0.39 is 29.5 Å². The smallest absolute Gasteiger partial charge is 0.408 e. The molecule has 1 aliphatic carbocycles. The molecule has 3 heterocycles. The molecule has 4 atom stereocenters. The molecule has 0 radical (unpaired) electrons. The Morgan fingerprint density at radius 3 is 2.42 bits per heavy atom. The molecule has 3 fully saturated rings. The average molecular weight is 601 g/mol. The Morgan fingerprint density at radius 2 is 1.77 bits per heavy atom. The van der Waals surface area contributed by atoms with Crippen LogP contribution < -0.4 is 10.1 Å². The molecule has 43 heavy (non-hydrogen) atoms. The van der Waals surface area contributed by atoms with Gasteiger partial charge in [0.25, 0.3) is 0 Å². The quantitative estimate of drug-likeness (QED) is 0.456.